The van der Waals surface area contributed by atoms with Gasteiger partial charge < -0.3 is 5.32 Å². The molecule has 0 bridgehead atoms. The summed E-state index contributed by atoms with van der Waals surface area (Å²) in [6.07, 6.45) is 12.3. The van der Waals surface area contributed by atoms with Gasteiger partial charge in [0.2, 0.25) is 0 Å². The van der Waals surface area contributed by atoms with Crippen molar-refractivity contribution in [3.63, 3.8) is 0 Å². The Labute approximate surface area is 125 Å². The lowest BCUT2D eigenvalue weighted by molar-refractivity contribution is 0.353. The molecule has 0 saturated heterocycles. The topological polar surface area (TPSA) is 12.0 Å². The van der Waals surface area contributed by atoms with Gasteiger partial charge in [0.05, 0.1) is 0 Å². The zero-order chi connectivity index (χ0) is 14.2. The Morgan fingerprint density at radius 2 is 1.60 bits per heavy atom. The monoisotopic (exact) mass is 273 g/mol. The van der Waals surface area contributed by atoms with E-state index < -0.39 is 0 Å². The molecule has 1 aromatic carbocycles. The summed E-state index contributed by atoms with van der Waals surface area (Å²) in [6.45, 7) is 2.29. The number of hydrogen-bond donors (Lipinski definition) is 1. The van der Waals surface area contributed by atoms with Crippen molar-refractivity contribution in [3.8, 4) is 0 Å². The first-order valence-corrected chi connectivity index (χ1v) is 8.59. The number of unbranched alkanes of at least 4 members (excludes halogenated alkanes) is 5. The fraction of sp³-hybridized carbons (Fsp3) is 0.684. The van der Waals surface area contributed by atoms with E-state index in [0.29, 0.717) is 6.04 Å². The molecule has 20 heavy (non-hydrogen) atoms. The zero-order valence-electron chi connectivity index (χ0n) is 13.3. The average Bonchev–Trinajstić information content (AvgIpc) is 2.90. The van der Waals surface area contributed by atoms with Gasteiger partial charge in [0, 0.05) is 6.04 Å². The van der Waals surface area contributed by atoms with Crippen LogP contribution in [-0.2, 0) is 12.8 Å². The minimum atomic E-state index is 0.702. The quantitative estimate of drug-likeness (QED) is 0.641. The standard InChI is InChI=1S/C19H31N/c1-3-4-5-6-7-8-13-19(20-2)18-14-16-11-9-10-12-17(16)15-18/h9-12,18-20H,3-8,13-15H2,1-2H3. The van der Waals surface area contributed by atoms with Crippen LogP contribution in [0.2, 0.25) is 0 Å². The predicted molar refractivity (Wildman–Crippen MR) is 88.2 cm³/mol. The Balaban J connectivity index is 1.71. The van der Waals surface area contributed by atoms with Gasteiger partial charge in [-0.3, -0.25) is 0 Å². The number of rotatable bonds is 9. The maximum absolute atomic E-state index is 3.58. The van der Waals surface area contributed by atoms with Crippen LogP contribution in [0.5, 0.6) is 0 Å². The van der Waals surface area contributed by atoms with Crippen molar-refractivity contribution in [1.29, 1.82) is 0 Å². The van der Waals surface area contributed by atoms with Crippen LogP contribution in [0.1, 0.15) is 63.0 Å². The molecule has 0 aliphatic heterocycles. The van der Waals surface area contributed by atoms with Crippen LogP contribution in [0.4, 0.5) is 0 Å². The molecule has 1 heteroatoms. The highest BCUT2D eigenvalue weighted by Gasteiger charge is 2.26. The zero-order valence-corrected chi connectivity index (χ0v) is 13.3. The minimum absolute atomic E-state index is 0.702. The third-order valence-electron chi connectivity index (χ3n) is 4.89. The molecular weight excluding hydrogens is 242 g/mol. The van der Waals surface area contributed by atoms with Gasteiger partial charge in [-0.05, 0) is 43.4 Å². The van der Waals surface area contributed by atoms with Crippen LogP contribution >= 0.6 is 0 Å². The molecule has 1 atom stereocenters. The summed E-state index contributed by atoms with van der Waals surface area (Å²) in [7, 11) is 2.14. The number of fused-ring (bicyclic) bond motifs is 1. The smallest absolute Gasteiger partial charge is 0.00986 e. The molecule has 1 unspecified atom stereocenters. The van der Waals surface area contributed by atoms with Gasteiger partial charge in [0.15, 0.2) is 0 Å². The fourth-order valence-corrected chi connectivity index (χ4v) is 3.64. The number of hydrogen-bond acceptors (Lipinski definition) is 1. The van der Waals surface area contributed by atoms with E-state index in [9.17, 15) is 0 Å². The maximum Gasteiger partial charge on any atom is 0.00986 e. The van der Waals surface area contributed by atoms with Crippen molar-refractivity contribution in [3.05, 3.63) is 35.4 Å². The molecule has 0 spiro atoms. The normalized spacial score (nSPS) is 16.3. The number of benzene rings is 1. The van der Waals surface area contributed by atoms with Crippen molar-refractivity contribution in [2.45, 2.75) is 70.8 Å². The molecule has 2 rings (SSSR count). The van der Waals surface area contributed by atoms with Crippen molar-refractivity contribution in [2.75, 3.05) is 7.05 Å². The Morgan fingerprint density at radius 3 is 2.20 bits per heavy atom. The van der Waals surface area contributed by atoms with Crippen molar-refractivity contribution in [1.82, 2.24) is 5.32 Å². The third kappa shape index (κ3) is 4.34. The molecule has 1 aliphatic carbocycles. The van der Waals surface area contributed by atoms with Crippen molar-refractivity contribution >= 4 is 0 Å². The maximum atomic E-state index is 3.58. The fourth-order valence-electron chi connectivity index (χ4n) is 3.64. The van der Waals surface area contributed by atoms with E-state index in [-0.39, 0.29) is 0 Å². The van der Waals surface area contributed by atoms with E-state index in [2.05, 4.69) is 43.6 Å². The Hall–Kier alpha value is -0.820. The van der Waals surface area contributed by atoms with Gasteiger partial charge in [-0.1, -0.05) is 69.7 Å². The second kappa shape index (κ2) is 8.46. The molecule has 0 radical (unpaired) electrons. The van der Waals surface area contributed by atoms with E-state index in [1.54, 1.807) is 11.1 Å². The first-order valence-electron chi connectivity index (χ1n) is 8.59. The molecule has 1 aliphatic rings. The van der Waals surface area contributed by atoms with Gasteiger partial charge in [-0.25, -0.2) is 0 Å². The number of nitrogens with one attached hydrogen (secondary N) is 1. The highest BCUT2D eigenvalue weighted by molar-refractivity contribution is 5.32. The second-order valence-electron chi connectivity index (χ2n) is 6.39. The van der Waals surface area contributed by atoms with Gasteiger partial charge in [-0.2, -0.15) is 0 Å². The van der Waals surface area contributed by atoms with Crippen LogP contribution in [0.25, 0.3) is 0 Å². The van der Waals surface area contributed by atoms with Crippen molar-refractivity contribution < 1.29 is 0 Å². The highest BCUT2D eigenvalue weighted by Crippen LogP contribution is 2.30. The Kier molecular flexibility index (Phi) is 6.59. The second-order valence-corrected chi connectivity index (χ2v) is 6.39. The summed E-state index contributed by atoms with van der Waals surface area (Å²) in [6, 6.07) is 9.69. The molecule has 0 heterocycles. The molecule has 1 N–H and O–H groups in total. The van der Waals surface area contributed by atoms with E-state index in [1.807, 2.05) is 0 Å². The van der Waals surface area contributed by atoms with Crippen LogP contribution in [0.15, 0.2) is 24.3 Å². The molecule has 112 valence electrons. The third-order valence-corrected chi connectivity index (χ3v) is 4.89. The molecule has 0 fully saturated rings. The van der Waals surface area contributed by atoms with E-state index in [0.717, 1.165) is 5.92 Å². The van der Waals surface area contributed by atoms with Crippen LogP contribution in [0.3, 0.4) is 0 Å². The minimum Gasteiger partial charge on any atom is -0.317 e. The lowest BCUT2D eigenvalue weighted by atomic mass is 9.92. The SMILES string of the molecule is CCCCCCCCC(NC)C1Cc2ccccc2C1. The van der Waals surface area contributed by atoms with E-state index in [4.69, 9.17) is 0 Å². The predicted octanol–water partition coefficient (Wildman–Crippen LogP) is 4.74. The first-order chi connectivity index (χ1) is 9.85. The summed E-state index contributed by atoms with van der Waals surface area (Å²) < 4.78 is 0. The summed E-state index contributed by atoms with van der Waals surface area (Å²) in [5, 5.41) is 3.58. The van der Waals surface area contributed by atoms with Gasteiger partial charge in [0.25, 0.3) is 0 Å². The van der Waals surface area contributed by atoms with Crippen LogP contribution in [-0.4, -0.2) is 13.1 Å². The van der Waals surface area contributed by atoms with E-state index in [1.165, 1.54) is 57.8 Å². The first kappa shape index (κ1) is 15.6. The molecule has 0 aromatic heterocycles. The molecule has 0 saturated carbocycles. The average molecular weight is 273 g/mol. The van der Waals surface area contributed by atoms with Crippen LogP contribution in [0, 0.1) is 5.92 Å². The lowest BCUT2D eigenvalue weighted by Gasteiger charge is -2.23. The van der Waals surface area contributed by atoms with Gasteiger partial charge >= 0.3 is 0 Å². The lowest BCUT2D eigenvalue weighted by Crippen LogP contribution is -2.34. The van der Waals surface area contributed by atoms with Gasteiger partial charge in [-0.15, -0.1) is 0 Å². The summed E-state index contributed by atoms with van der Waals surface area (Å²) in [4.78, 5) is 0. The molecular formula is C19H31N. The molecule has 1 aromatic rings. The Bertz CT molecular complexity index is 360. The highest BCUT2D eigenvalue weighted by atomic mass is 14.9. The van der Waals surface area contributed by atoms with Gasteiger partial charge in [0.1, 0.15) is 0 Å². The summed E-state index contributed by atoms with van der Waals surface area (Å²) in [5.41, 5.74) is 3.17. The summed E-state index contributed by atoms with van der Waals surface area (Å²) >= 11 is 0. The van der Waals surface area contributed by atoms with Crippen molar-refractivity contribution in [2.24, 2.45) is 5.92 Å². The molecule has 0 amide bonds. The Morgan fingerprint density at radius 1 is 1.00 bits per heavy atom. The van der Waals surface area contributed by atoms with Crippen LogP contribution < -0.4 is 5.32 Å². The van der Waals surface area contributed by atoms with E-state index >= 15 is 0 Å². The molecule has 1 nitrogen and oxygen atoms in total. The largest absolute Gasteiger partial charge is 0.317 e. The summed E-state index contributed by atoms with van der Waals surface area (Å²) in [5.74, 6) is 0.813.